The van der Waals surface area contributed by atoms with E-state index in [1.807, 2.05) is 62.4 Å². The van der Waals surface area contributed by atoms with E-state index in [-0.39, 0.29) is 18.4 Å². The van der Waals surface area contributed by atoms with E-state index >= 15 is 0 Å². The van der Waals surface area contributed by atoms with E-state index in [1.165, 1.54) is 17.4 Å². The van der Waals surface area contributed by atoms with E-state index < -0.39 is 0 Å². The summed E-state index contributed by atoms with van der Waals surface area (Å²) in [5, 5.41) is 2.82. The topological polar surface area (TPSA) is 49.4 Å². The maximum Gasteiger partial charge on any atom is 0.244 e. The lowest BCUT2D eigenvalue weighted by atomic mass is 10.1. The molecule has 23 heavy (non-hydrogen) atoms. The summed E-state index contributed by atoms with van der Waals surface area (Å²) in [6.07, 6.45) is 0. The lowest BCUT2D eigenvalue weighted by molar-refractivity contribution is -0.133. The van der Waals surface area contributed by atoms with E-state index in [0.717, 1.165) is 16.8 Å². The van der Waals surface area contributed by atoms with Crippen molar-refractivity contribution < 1.29 is 9.59 Å². The first-order valence-corrected chi connectivity index (χ1v) is 7.61. The zero-order valence-corrected chi connectivity index (χ0v) is 13.8. The first kappa shape index (κ1) is 16.7. The van der Waals surface area contributed by atoms with Gasteiger partial charge in [0.15, 0.2) is 0 Å². The van der Waals surface area contributed by atoms with Crippen molar-refractivity contribution in [3.8, 4) is 0 Å². The highest BCUT2D eigenvalue weighted by Crippen LogP contribution is 2.10. The molecule has 0 radical (unpaired) electrons. The third-order valence-corrected chi connectivity index (χ3v) is 3.61. The van der Waals surface area contributed by atoms with Gasteiger partial charge in [0.05, 0.1) is 0 Å². The fourth-order valence-corrected chi connectivity index (χ4v) is 2.20. The van der Waals surface area contributed by atoms with Crippen LogP contribution in [0.1, 0.15) is 23.6 Å². The Labute approximate surface area is 137 Å². The molecule has 120 valence electrons. The largest absolute Gasteiger partial charge is 0.329 e. The van der Waals surface area contributed by atoms with Gasteiger partial charge in [0.25, 0.3) is 0 Å². The first-order valence-electron chi connectivity index (χ1n) is 7.61. The lowest BCUT2D eigenvalue weighted by Gasteiger charge is -2.20. The highest BCUT2D eigenvalue weighted by atomic mass is 16.2. The molecule has 0 aromatic heterocycles. The first-order chi connectivity index (χ1) is 10.9. The predicted molar refractivity (Wildman–Crippen MR) is 92.1 cm³/mol. The summed E-state index contributed by atoms with van der Waals surface area (Å²) in [6, 6.07) is 15.5. The van der Waals surface area contributed by atoms with E-state index in [0.29, 0.717) is 6.54 Å². The van der Waals surface area contributed by atoms with E-state index in [2.05, 4.69) is 5.32 Å². The molecule has 4 nitrogen and oxygen atoms in total. The standard InChI is InChI=1S/C19H22N2O2/c1-14-4-8-17(9-5-14)12-21(16(3)22)13-19(23)20-18-10-6-15(2)7-11-18/h4-11H,12-13H2,1-3H3,(H,20,23). The average molecular weight is 310 g/mol. The maximum absolute atomic E-state index is 12.2. The Balaban J connectivity index is 1.98. The Hall–Kier alpha value is -2.62. The SMILES string of the molecule is CC(=O)N(CC(=O)Nc1ccc(C)cc1)Cc1ccc(C)cc1. The van der Waals surface area contributed by atoms with Crippen LogP contribution in [0.2, 0.25) is 0 Å². The summed E-state index contributed by atoms with van der Waals surface area (Å²) >= 11 is 0. The van der Waals surface area contributed by atoms with Crippen LogP contribution < -0.4 is 5.32 Å². The second kappa shape index (κ2) is 7.58. The summed E-state index contributed by atoms with van der Waals surface area (Å²) in [6.45, 7) is 5.95. The molecule has 1 N–H and O–H groups in total. The molecule has 0 aliphatic heterocycles. The van der Waals surface area contributed by atoms with E-state index in [4.69, 9.17) is 0 Å². The van der Waals surface area contributed by atoms with Gasteiger partial charge in [-0.2, -0.15) is 0 Å². The zero-order chi connectivity index (χ0) is 16.8. The summed E-state index contributed by atoms with van der Waals surface area (Å²) in [5.74, 6) is -0.319. The van der Waals surface area contributed by atoms with E-state index in [9.17, 15) is 9.59 Å². The minimum absolute atomic E-state index is 0.0388. The number of carbonyl (C=O) groups is 2. The quantitative estimate of drug-likeness (QED) is 0.921. The minimum atomic E-state index is -0.198. The molecule has 0 unspecified atom stereocenters. The molecule has 0 saturated heterocycles. The average Bonchev–Trinajstić information content (AvgIpc) is 2.51. The van der Waals surface area contributed by atoms with Crippen molar-refractivity contribution in [2.45, 2.75) is 27.3 Å². The Morgan fingerprint density at radius 2 is 1.43 bits per heavy atom. The second-order valence-electron chi connectivity index (χ2n) is 5.77. The third-order valence-electron chi connectivity index (χ3n) is 3.61. The number of nitrogens with zero attached hydrogens (tertiary/aromatic N) is 1. The lowest BCUT2D eigenvalue weighted by Crippen LogP contribution is -2.36. The monoisotopic (exact) mass is 310 g/mol. The van der Waals surface area contributed by atoms with Gasteiger partial charge in [0, 0.05) is 19.2 Å². The minimum Gasteiger partial charge on any atom is -0.329 e. The van der Waals surface area contributed by atoms with Gasteiger partial charge in [0.2, 0.25) is 11.8 Å². The summed E-state index contributed by atoms with van der Waals surface area (Å²) in [7, 11) is 0. The molecule has 0 saturated carbocycles. The number of rotatable bonds is 5. The Kier molecular flexibility index (Phi) is 5.52. The normalized spacial score (nSPS) is 10.2. The molecule has 0 aliphatic carbocycles. The number of amides is 2. The second-order valence-corrected chi connectivity index (χ2v) is 5.77. The number of nitrogens with one attached hydrogen (secondary N) is 1. The van der Waals surface area contributed by atoms with Gasteiger partial charge in [-0.3, -0.25) is 9.59 Å². The van der Waals surface area contributed by atoms with Crippen molar-refractivity contribution in [1.29, 1.82) is 0 Å². The molecule has 0 bridgehead atoms. The zero-order valence-electron chi connectivity index (χ0n) is 13.8. The molecule has 2 aromatic rings. The molecule has 4 heteroatoms. The molecule has 0 aliphatic rings. The highest BCUT2D eigenvalue weighted by Gasteiger charge is 2.14. The van der Waals surface area contributed by atoms with Gasteiger partial charge in [-0.25, -0.2) is 0 Å². The molecule has 2 aromatic carbocycles. The van der Waals surface area contributed by atoms with Gasteiger partial charge >= 0.3 is 0 Å². The van der Waals surface area contributed by atoms with Crippen LogP contribution in [0.25, 0.3) is 0 Å². The van der Waals surface area contributed by atoms with Gasteiger partial charge < -0.3 is 10.2 Å². The molecule has 2 rings (SSSR count). The van der Waals surface area contributed by atoms with Crippen molar-refractivity contribution >= 4 is 17.5 Å². The number of benzene rings is 2. The number of hydrogen-bond acceptors (Lipinski definition) is 2. The number of hydrogen-bond donors (Lipinski definition) is 1. The van der Waals surface area contributed by atoms with Crippen molar-refractivity contribution in [1.82, 2.24) is 4.90 Å². The van der Waals surface area contributed by atoms with Crippen LogP contribution in [0, 0.1) is 13.8 Å². The molecule has 0 fully saturated rings. The fraction of sp³-hybridized carbons (Fsp3) is 0.263. The third kappa shape index (κ3) is 5.25. The summed E-state index contributed by atoms with van der Waals surface area (Å²) in [4.78, 5) is 25.5. The predicted octanol–water partition coefficient (Wildman–Crippen LogP) is 3.29. The van der Waals surface area contributed by atoms with Crippen molar-refractivity contribution in [2.75, 3.05) is 11.9 Å². The molecular weight excluding hydrogens is 288 g/mol. The van der Waals surface area contributed by atoms with Gasteiger partial charge in [0.1, 0.15) is 6.54 Å². The smallest absolute Gasteiger partial charge is 0.244 e. The number of anilines is 1. The summed E-state index contributed by atoms with van der Waals surface area (Å²) < 4.78 is 0. The molecule has 0 heterocycles. The van der Waals surface area contributed by atoms with Crippen LogP contribution in [0.15, 0.2) is 48.5 Å². The van der Waals surface area contributed by atoms with E-state index in [1.54, 1.807) is 0 Å². The highest BCUT2D eigenvalue weighted by molar-refractivity contribution is 5.94. The molecular formula is C19H22N2O2. The van der Waals surface area contributed by atoms with Crippen molar-refractivity contribution in [3.05, 3.63) is 65.2 Å². The van der Waals surface area contributed by atoms with Crippen molar-refractivity contribution in [2.24, 2.45) is 0 Å². The fourth-order valence-electron chi connectivity index (χ4n) is 2.20. The Morgan fingerprint density at radius 1 is 0.913 bits per heavy atom. The molecule has 0 atom stereocenters. The van der Waals surface area contributed by atoms with Gasteiger partial charge in [-0.1, -0.05) is 47.5 Å². The Morgan fingerprint density at radius 3 is 1.96 bits per heavy atom. The Bertz CT molecular complexity index is 676. The summed E-state index contributed by atoms with van der Waals surface area (Å²) in [5.41, 5.74) is 4.04. The van der Waals surface area contributed by atoms with Gasteiger partial charge in [-0.05, 0) is 31.5 Å². The molecule has 0 spiro atoms. The van der Waals surface area contributed by atoms with Crippen LogP contribution in [0.3, 0.4) is 0 Å². The van der Waals surface area contributed by atoms with Crippen LogP contribution in [0.5, 0.6) is 0 Å². The van der Waals surface area contributed by atoms with Crippen molar-refractivity contribution in [3.63, 3.8) is 0 Å². The number of carbonyl (C=O) groups excluding carboxylic acids is 2. The van der Waals surface area contributed by atoms with Crippen LogP contribution in [-0.2, 0) is 16.1 Å². The molecule has 2 amide bonds. The number of aryl methyl sites for hydroxylation is 2. The maximum atomic E-state index is 12.2. The van der Waals surface area contributed by atoms with Crippen LogP contribution in [0.4, 0.5) is 5.69 Å². The van der Waals surface area contributed by atoms with Gasteiger partial charge in [-0.15, -0.1) is 0 Å². The van der Waals surface area contributed by atoms with Crippen LogP contribution >= 0.6 is 0 Å². The van der Waals surface area contributed by atoms with Crippen LogP contribution in [-0.4, -0.2) is 23.3 Å².